The molecular formula is C19H19ClN4O2. The standard InChI is InChI=1S/C19H19ClN4O2/c1-22-18(21)15(11-25)19(23-2)24-14-8-9-17(16(20)10-14)26-12-13-6-4-3-5-7-13/h3-11,24H,2,12H2,1H3,(H2,21,22)/b19-15+. The maximum atomic E-state index is 11.2. The van der Waals surface area contributed by atoms with Crippen LogP contribution in [0.3, 0.4) is 0 Å². The molecule has 0 saturated heterocycles. The SMILES string of the molecule is C=N/C(Nc1ccc(OCc2ccccc2)c(Cl)c1)=C(/C=O)C(N)=NC. The van der Waals surface area contributed by atoms with Gasteiger partial charge in [-0.3, -0.25) is 9.79 Å². The zero-order valence-corrected chi connectivity index (χ0v) is 15.0. The molecule has 0 unspecified atom stereocenters. The Labute approximate surface area is 157 Å². The van der Waals surface area contributed by atoms with Gasteiger partial charge >= 0.3 is 0 Å². The van der Waals surface area contributed by atoms with E-state index in [1.807, 2.05) is 30.3 Å². The average Bonchev–Trinajstić information content (AvgIpc) is 2.67. The van der Waals surface area contributed by atoms with E-state index in [2.05, 4.69) is 22.0 Å². The fourth-order valence-corrected chi connectivity index (χ4v) is 2.35. The molecule has 0 heterocycles. The highest BCUT2D eigenvalue weighted by Crippen LogP contribution is 2.29. The summed E-state index contributed by atoms with van der Waals surface area (Å²) in [6, 6.07) is 14.9. The van der Waals surface area contributed by atoms with Gasteiger partial charge in [0.2, 0.25) is 0 Å². The molecule has 3 N–H and O–H groups in total. The summed E-state index contributed by atoms with van der Waals surface area (Å²) < 4.78 is 5.73. The zero-order valence-electron chi connectivity index (χ0n) is 14.3. The predicted molar refractivity (Wildman–Crippen MR) is 106 cm³/mol. The topological polar surface area (TPSA) is 89.1 Å². The normalized spacial score (nSPS) is 12.2. The Bertz CT molecular complexity index is 848. The summed E-state index contributed by atoms with van der Waals surface area (Å²) in [5.41, 5.74) is 7.45. The molecule has 2 aromatic rings. The van der Waals surface area contributed by atoms with Crippen LogP contribution in [0.4, 0.5) is 5.69 Å². The van der Waals surface area contributed by atoms with E-state index >= 15 is 0 Å². The quantitative estimate of drug-likeness (QED) is 0.322. The second-order valence-electron chi connectivity index (χ2n) is 5.19. The molecule has 0 fully saturated rings. The largest absolute Gasteiger partial charge is 0.487 e. The number of hydrogen-bond acceptors (Lipinski definition) is 5. The molecule has 0 aliphatic carbocycles. The molecular weight excluding hydrogens is 352 g/mol. The molecule has 2 rings (SSSR count). The van der Waals surface area contributed by atoms with E-state index < -0.39 is 0 Å². The summed E-state index contributed by atoms with van der Waals surface area (Å²) in [6.45, 7) is 3.86. The maximum absolute atomic E-state index is 11.2. The molecule has 26 heavy (non-hydrogen) atoms. The number of nitrogens with one attached hydrogen (secondary N) is 1. The number of aliphatic imine (C=N–C) groups is 2. The van der Waals surface area contributed by atoms with Crippen LogP contribution in [-0.4, -0.2) is 25.9 Å². The molecule has 0 atom stereocenters. The highest BCUT2D eigenvalue weighted by Gasteiger charge is 2.11. The van der Waals surface area contributed by atoms with Gasteiger partial charge < -0.3 is 15.8 Å². The first-order valence-electron chi connectivity index (χ1n) is 7.71. The van der Waals surface area contributed by atoms with Crippen LogP contribution in [-0.2, 0) is 11.4 Å². The number of carbonyl (C=O) groups is 1. The number of amidine groups is 1. The van der Waals surface area contributed by atoms with Crippen molar-refractivity contribution in [2.24, 2.45) is 15.7 Å². The molecule has 0 aliphatic heterocycles. The van der Waals surface area contributed by atoms with Crippen molar-refractivity contribution in [1.82, 2.24) is 0 Å². The van der Waals surface area contributed by atoms with Crippen LogP contribution in [0, 0.1) is 0 Å². The lowest BCUT2D eigenvalue weighted by Gasteiger charge is -2.12. The van der Waals surface area contributed by atoms with Crippen LogP contribution in [0.15, 0.2) is 69.9 Å². The summed E-state index contributed by atoms with van der Waals surface area (Å²) in [7, 11) is 1.48. The lowest BCUT2D eigenvalue weighted by molar-refractivity contribution is -0.104. The van der Waals surface area contributed by atoms with E-state index in [1.165, 1.54) is 7.05 Å². The van der Waals surface area contributed by atoms with Crippen LogP contribution in [0.5, 0.6) is 5.75 Å². The minimum Gasteiger partial charge on any atom is -0.487 e. The van der Waals surface area contributed by atoms with E-state index in [1.54, 1.807) is 18.2 Å². The van der Waals surface area contributed by atoms with E-state index in [4.69, 9.17) is 22.1 Å². The summed E-state index contributed by atoms with van der Waals surface area (Å²) in [5, 5.41) is 3.37. The Kier molecular flexibility index (Phi) is 6.93. The summed E-state index contributed by atoms with van der Waals surface area (Å²) in [6.07, 6.45) is 0.568. The van der Waals surface area contributed by atoms with Gasteiger partial charge in [-0.2, -0.15) is 0 Å². The summed E-state index contributed by atoms with van der Waals surface area (Å²) >= 11 is 6.28. The Morgan fingerprint density at radius 2 is 2.04 bits per heavy atom. The van der Waals surface area contributed by atoms with Gasteiger partial charge in [-0.1, -0.05) is 41.9 Å². The molecule has 0 aliphatic rings. The van der Waals surface area contributed by atoms with E-state index in [0.717, 1.165) is 5.56 Å². The van der Waals surface area contributed by atoms with Gasteiger partial charge in [0.1, 0.15) is 24.0 Å². The van der Waals surface area contributed by atoms with Gasteiger partial charge in [0, 0.05) is 12.7 Å². The van der Waals surface area contributed by atoms with E-state index in [-0.39, 0.29) is 17.2 Å². The monoisotopic (exact) mass is 370 g/mol. The van der Waals surface area contributed by atoms with Gasteiger partial charge in [-0.15, -0.1) is 0 Å². The van der Waals surface area contributed by atoms with Crippen LogP contribution < -0.4 is 15.8 Å². The minimum absolute atomic E-state index is 0.0591. The van der Waals surface area contributed by atoms with Crippen LogP contribution in [0.1, 0.15) is 5.56 Å². The number of carbonyl (C=O) groups excluding carboxylic acids is 1. The van der Waals surface area contributed by atoms with Crippen molar-refractivity contribution in [3.63, 3.8) is 0 Å². The number of nitrogens with two attached hydrogens (primary N) is 1. The molecule has 134 valence electrons. The van der Waals surface area contributed by atoms with Crippen LogP contribution in [0.25, 0.3) is 0 Å². The zero-order chi connectivity index (χ0) is 18.9. The van der Waals surface area contributed by atoms with Crippen molar-refractivity contribution >= 4 is 36.1 Å². The third kappa shape index (κ3) is 4.94. The second-order valence-corrected chi connectivity index (χ2v) is 5.60. The van der Waals surface area contributed by atoms with Gasteiger partial charge in [-0.05, 0) is 30.5 Å². The molecule has 0 radical (unpaired) electrons. The molecule has 0 amide bonds. The second kappa shape index (κ2) is 9.39. The maximum Gasteiger partial charge on any atom is 0.157 e. The molecule has 2 aromatic carbocycles. The van der Waals surface area contributed by atoms with Crippen molar-refractivity contribution in [3.8, 4) is 5.75 Å². The Morgan fingerprint density at radius 3 is 2.62 bits per heavy atom. The summed E-state index contributed by atoms with van der Waals surface area (Å²) in [5.74, 6) is 0.796. The summed E-state index contributed by atoms with van der Waals surface area (Å²) in [4.78, 5) is 18.8. The van der Waals surface area contributed by atoms with Gasteiger partial charge in [0.15, 0.2) is 6.29 Å². The lowest BCUT2D eigenvalue weighted by Crippen LogP contribution is -2.19. The fraction of sp³-hybridized carbons (Fsp3) is 0.105. The van der Waals surface area contributed by atoms with Crippen molar-refractivity contribution in [3.05, 3.63) is 70.5 Å². The average molecular weight is 371 g/mol. The minimum atomic E-state index is 0.0591. The third-order valence-corrected chi connectivity index (χ3v) is 3.78. The number of anilines is 1. The van der Waals surface area contributed by atoms with Gasteiger partial charge in [0.25, 0.3) is 0 Å². The number of hydrogen-bond donors (Lipinski definition) is 2. The smallest absolute Gasteiger partial charge is 0.157 e. The highest BCUT2D eigenvalue weighted by molar-refractivity contribution is 6.32. The van der Waals surface area contributed by atoms with Gasteiger partial charge in [-0.25, -0.2) is 4.99 Å². The number of halogens is 1. The highest BCUT2D eigenvalue weighted by atomic mass is 35.5. The van der Waals surface area contributed by atoms with Crippen molar-refractivity contribution in [1.29, 1.82) is 0 Å². The molecule has 0 aromatic heterocycles. The molecule has 0 spiro atoms. The predicted octanol–water partition coefficient (Wildman–Crippen LogP) is 3.43. The first-order chi connectivity index (χ1) is 12.6. The first kappa shape index (κ1) is 19.2. The number of nitrogens with zero attached hydrogens (tertiary/aromatic N) is 2. The number of benzene rings is 2. The Hall–Kier alpha value is -3.12. The lowest BCUT2D eigenvalue weighted by atomic mass is 10.2. The van der Waals surface area contributed by atoms with Crippen molar-refractivity contribution in [2.45, 2.75) is 6.61 Å². The molecule has 0 saturated carbocycles. The first-order valence-corrected chi connectivity index (χ1v) is 8.09. The molecule has 7 heteroatoms. The van der Waals surface area contributed by atoms with Gasteiger partial charge in [0.05, 0.1) is 10.6 Å². The number of rotatable bonds is 8. The van der Waals surface area contributed by atoms with Crippen molar-refractivity contribution in [2.75, 3.05) is 12.4 Å². The number of ether oxygens (including phenoxy) is 1. The molecule has 0 bridgehead atoms. The molecule has 6 nitrogen and oxygen atoms in total. The van der Waals surface area contributed by atoms with Crippen LogP contribution in [0.2, 0.25) is 5.02 Å². The third-order valence-electron chi connectivity index (χ3n) is 3.48. The van der Waals surface area contributed by atoms with E-state index in [9.17, 15) is 4.79 Å². The fourth-order valence-electron chi connectivity index (χ4n) is 2.12. The Morgan fingerprint density at radius 1 is 1.31 bits per heavy atom. The Balaban J connectivity index is 2.16. The number of aldehydes is 1. The van der Waals surface area contributed by atoms with E-state index in [0.29, 0.717) is 29.4 Å². The van der Waals surface area contributed by atoms with Crippen LogP contribution >= 0.6 is 11.6 Å². The van der Waals surface area contributed by atoms with Crippen molar-refractivity contribution < 1.29 is 9.53 Å².